The molecule has 0 unspecified atom stereocenters. The zero-order chi connectivity index (χ0) is 7.45. The van der Waals surface area contributed by atoms with Crippen molar-refractivity contribution in [1.82, 2.24) is 0 Å². The minimum Gasteiger partial charge on any atom is -0.0928 e. The normalized spacial score (nSPS) is 22.2. The lowest BCUT2D eigenvalue weighted by Gasteiger charge is -2.38. The Kier molecular flexibility index (Phi) is 3.22. The molecule has 1 heteroatoms. The van der Waals surface area contributed by atoms with Crippen LogP contribution in [0.25, 0.3) is 0 Å². The molecule has 1 aliphatic carbocycles. The molecule has 0 bridgehead atoms. The van der Waals surface area contributed by atoms with Gasteiger partial charge in [0, 0.05) is 5.33 Å². The molecule has 10 heavy (non-hydrogen) atoms. The van der Waals surface area contributed by atoms with Crippen LogP contribution in [0.2, 0.25) is 0 Å². The third-order valence-electron chi connectivity index (χ3n) is 2.72. The molecule has 0 aromatic rings. The molecule has 0 nitrogen and oxygen atoms in total. The minimum absolute atomic E-state index is 0.752. The maximum Gasteiger partial charge on any atom is 0.00313 e. The number of alkyl halides is 1. The Morgan fingerprint density at radius 2 is 2.00 bits per heavy atom. The van der Waals surface area contributed by atoms with Crippen LogP contribution < -0.4 is 0 Å². The van der Waals surface area contributed by atoms with E-state index < -0.39 is 0 Å². The summed E-state index contributed by atoms with van der Waals surface area (Å²) in [6.07, 6.45) is 8.67. The van der Waals surface area contributed by atoms with E-state index in [4.69, 9.17) is 0 Å². The smallest absolute Gasteiger partial charge is 0.00313 e. The van der Waals surface area contributed by atoms with Gasteiger partial charge in [-0.05, 0) is 31.1 Å². The lowest BCUT2D eigenvalue weighted by atomic mass is 9.67. The molecule has 0 atom stereocenters. The summed E-state index contributed by atoms with van der Waals surface area (Å²) in [7, 11) is 0. The Labute approximate surface area is 72.5 Å². The van der Waals surface area contributed by atoms with Gasteiger partial charge in [0.25, 0.3) is 0 Å². The van der Waals surface area contributed by atoms with E-state index in [0.29, 0.717) is 0 Å². The van der Waals surface area contributed by atoms with Crippen molar-refractivity contribution in [2.75, 3.05) is 5.33 Å². The van der Waals surface area contributed by atoms with Crippen LogP contribution in [0.3, 0.4) is 0 Å². The van der Waals surface area contributed by atoms with E-state index in [0.717, 1.165) is 5.41 Å². The van der Waals surface area contributed by atoms with Crippen molar-refractivity contribution in [2.24, 2.45) is 5.41 Å². The fraction of sp³-hybridized carbons (Fsp3) is 1.00. The third kappa shape index (κ3) is 2.26. The Balaban J connectivity index is 2.01. The van der Waals surface area contributed by atoms with E-state index >= 15 is 0 Å². The average molecular weight is 205 g/mol. The number of rotatable bonds is 4. The summed E-state index contributed by atoms with van der Waals surface area (Å²) >= 11 is 3.46. The molecule has 1 rings (SSSR count). The molecule has 0 aromatic heterocycles. The Bertz CT molecular complexity index is 94.9. The van der Waals surface area contributed by atoms with E-state index in [9.17, 15) is 0 Å². The SMILES string of the molecule is CC1(CCCCBr)CCC1. The molecular formula is C9H17Br. The molecule has 0 heterocycles. The average Bonchev–Trinajstić information content (AvgIpc) is 1.85. The quantitative estimate of drug-likeness (QED) is 0.484. The molecule has 60 valence electrons. The Hall–Kier alpha value is 0.480. The van der Waals surface area contributed by atoms with Crippen LogP contribution in [0.1, 0.15) is 45.4 Å². The van der Waals surface area contributed by atoms with E-state index in [2.05, 4.69) is 22.9 Å². The summed E-state index contributed by atoms with van der Waals surface area (Å²) in [4.78, 5) is 0. The van der Waals surface area contributed by atoms with E-state index in [1.165, 1.54) is 43.9 Å². The Morgan fingerprint density at radius 3 is 2.40 bits per heavy atom. The first kappa shape index (κ1) is 8.58. The maximum absolute atomic E-state index is 3.46. The van der Waals surface area contributed by atoms with Crippen LogP contribution in [-0.2, 0) is 0 Å². The summed E-state index contributed by atoms with van der Waals surface area (Å²) in [6.45, 7) is 2.44. The van der Waals surface area contributed by atoms with Crippen molar-refractivity contribution in [3.05, 3.63) is 0 Å². The predicted octanol–water partition coefficient (Wildman–Crippen LogP) is 3.74. The first-order chi connectivity index (χ1) is 4.77. The molecule has 0 N–H and O–H groups in total. The molecule has 1 aliphatic rings. The van der Waals surface area contributed by atoms with Gasteiger partial charge in [-0.2, -0.15) is 0 Å². The van der Waals surface area contributed by atoms with Gasteiger partial charge in [-0.15, -0.1) is 0 Å². The molecular weight excluding hydrogens is 188 g/mol. The van der Waals surface area contributed by atoms with Gasteiger partial charge in [-0.1, -0.05) is 35.7 Å². The molecule has 0 amide bonds. The van der Waals surface area contributed by atoms with Gasteiger partial charge in [0.05, 0.1) is 0 Å². The van der Waals surface area contributed by atoms with Gasteiger partial charge in [-0.25, -0.2) is 0 Å². The van der Waals surface area contributed by atoms with Crippen molar-refractivity contribution in [2.45, 2.75) is 45.4 Å². The van der Waals surface area contributed by atoms with Crippen molar-refractivity contribution in [3.8, 4) is 0 Å². The highest BCUT2D eigenvalue weighted by atomic mass is 79.9. The zero-order valence-electron chi connectivity index (χ0n) is 6.83. The monoisotopic (exact) mass is 204 g/mol. The van der Waals surface area contributed by atoms with Gasteiger partial charge >= 0.3 is 0 Å². The van der Waals surface area contributed by atoms with E-state index in [-0.39, 0.29) is 0 Å². The van der Waals surface area contributed by atoms with Crippen LogP contribution in [0.5, 0.6) is 0 Å². The standard InChI is InChI=1S/C9H17Br/c1-9(6-4-7-9)5-2-3-8-10/h2-8H2,1H3. The molecule has 1 fully saturated rings. The summed E-state index contributed by atoms with van der Waals surface area (Å²) < 4.78 is 0. The van der Waals surface area contributed by atoms with Gasteiger partial charge < -0.3 is 0 Å². The topological polar surface area (TPSA) is 0 Å². The predicted molar refractivity (Wildman–Crippen MR) is 49.6 cm³/mol. The van der Waals surface area contributed by atoms with Gasteiger partial charge in [0.2, 0.25) is 0 Å². The molecule has 1 saturated carbocycles. The van der Waals surface area contributed by atoms with Crippen molar-refractivity contribution >= 4 is 15.9 Å². The number of halogens is 1. The fourth-order valence-electron chi connectivity index (χ4n) is 1.68. The van der Waals surface area contributed by atoms with Gasteiger partial charge in [0.15, 0.2) is 0 Å². The highest BCUT2D eigenvalue weighted by Gasteiger charge is 2.30. The van der Waals surface area contributed by atoms with E-state index in [1.54, 1.807) is 0 Å². The van der Waals surface area contributed by atoms with Crippen LogP contribution in [0.15, 0.2) is 0 Å². The first-order valence-corrected chi connectivity index (χ1v) is 5.45. The summed E-state index contributed by atoms with van der Waals surface area (Å²) in [5, 5.41) is 1.18. The summed E-state index contributed by atoms with van der Waals surface area (Å²) in [6, 6.07) is 0. The Morgan fingerprint density at radius 1 is 1.30 bits per heavy atom. The van der Waals surface area contributed by atoms with E-state index in [1.807, 2.05) is 0 Å². The van der Waals surface area contributed by atoms with Crippen molar-refractivity contribution in [3.63, 3.8) is 0 Å². The molecule has 0 aromatic carbocycles. The lowest BCUT2D eigenvalue weighted by molar-refractivity contribution is 0.142. The van der Waals surface area contributed by atoms with Crippen molar-refractivity contribution < 1.29 is 0 Å². The van der Waals surface area contributed by atoms with Gasteiger partial charge in [0.1, 0.15) is 0 Å². The first-order valence-electron chi connectivity index (χ1n) is 4.33. The highest BCUT2D eigenvalue weighted by molar-refractivity contribution is 9.09. The lowest BCUT2D eigenvalue weighted by Crippen LogP contribution is -2.25. The zero-order valence-corrected chi connectivity index (χ0v) is 8.41. The molecule has 0 saturated heterocycles. The highest BCUT2D eigenvalue weighted by Crippen LogP contribution is 2.44. The van der Waals surface area contributed by atoms with Crippen LogP contribution >= 0.6 is 15.9 Å². The fourth-order valence-corrected chi connectivity index (χ4v) is 2.07. The molecule has 0 radical (unpaired) electrons. The van der Waals surface area contributed by atoms with Gasteiger partial charge in [-0.3, -0.25) is 0 Å². The maximum atomic E-state index is 3.46. The second kappa shape index (κ2) is 3.75. The van der Waals surface area contributed by atoms with Crippen molar-refractivity contribution in [1.29, 1.82) is 0 Å². The summed E-state index contributed by atoms with van der Waals surface area (Å²) in [5.74, 6) is 0. The number of hydrogen-bond acceptors (Lipinski definition) is 0. The van der Waals surface area contributed by atoms with Crippen LogP contribution in [-0.4, -0.2) is 5.33 Å². The van der Waals surface area contributed by atoms with Crippen LogP contribution in [0.4, 0.5) is 0 Å². The minimum atomic E-state index is 0.752. The molecule has 0 spiro atoms. The second-order valence-corrected chi connectivity index (χ2v) is 4.60. The summed E-state index contributed by atoms with van der Waals surface area (Å²) in [5.41, 5.74) is 0.752. The molecule has 0 aliphatic heterocycles. The second-order valence-electron chi connectivity index (χ2n) is 3.81. The third-order valence-corrected chi connectivity index (χ3v) is 3.29. The number of unbranched alkanes of at least 4 members (excludes halogenated alkanes) is 1. The van der Waals surface area contributed by atoms with Crippen LogP contribution in [0, 0.1) is 5.41 Å². The number of hydrogen-bond donors (Lipinski definition) is 0. The largest absolute Gasteiger partial charge is 0.0928 e.